The van der Waals surface area contributed by atoms with Crippen molar-refractivity contribution in [1.82, 2.24) is 14.9 Å². The van der Waals surface area contributed by atoms with E-state index in [2.05, 4.69) is 5.32 Å². The molecule has 3 aliphatic rings. The van der Waals surface area contributed by atoms with E-state index in [4.69, 9.17) is 10.5 Å². The molecule has 2 heterocycles. The zero-order valence-corrected chi connectivity index (χ0v) is 18.9. The molecule has 0 aromatic rings. The van der Waals surface area contributed by atoms with Gasteiger partial charge in [-0.2, -0.15) is 0 Å². The van der Waals surface area contributed by atoms with Crippen molar-refractivity contribution in [2.45, 2.75) is 69.1 Å². The molecule has 1 saturated carbocycles. The highest BCUT2D eigenvalue weighted by Crippen LogP contribution is 2.36. The van der Waals surface area contributed by atoms with Crippen molar-refractivity contribution in [3.8, 4) is 0 Å². The Morgan fingerprint density at radius 1 is 1.25 bits per heavy atom. The quantitative estimate of drug-likeness (QED) is 0.383. The summed E-state index contributed by atoms with van der Waals surface area (Å²) in [7, 11) is -3.99. The van der Waals surface area contributed by atoms with Crippen molar-refractivity contribution in [2.75, 3.05) is 12.8 Å². The number of hydrogen-bond acceptors (Lipinski definition) is 7. The largest absolute Gasteiger partial charge is 0.436 e. The van der Waals surface area contributed by atoms with Gasteiger partial charge in [0.2, 0.25) is 15.6 Å². The van der Waals surface area contributed by atoms with Gasteiger partial charge in [-0.25, -0.2) is 13.2 Å². The Kier molecular flexibility index (Phi) is 7.11. The van der Waals surface area contributed by atoms with E-state index in [1.807, 2.05) is 16.9 Å². The molecule has 12 heteroatoms. The molecule has 4 amide bonds. The number of rotatable bonds is 3. The summed E-state index contributed by atoms with van der Waals surface area (Å²) in [5.74, 6) is -2.44. The number of primary amides is 1. The van der Waals surface area contributed by atoms with Gasteiger partial charge in [0.15, 0.2) is 6.10 Å². The monoisotopic (exact) mass is 470 g/mol. The molecule has 0 spiro atoms. The van der Waals surface area contributed by atoms with Crippen LogP contribution >= 0.6 is 0 Å². The number of ether oxygens (including phenoxy) is 1. The number of nitrogens with zero attached hydrogens (tertiary/aromatic N) is 1. The topological polar surface area (TPSA) is 165 Å². The predicted octanol–water partition coefficient (Wildman–Crippen LogP) is -0.0877. The maximum Gasteiger partial charge on any atom is 0.405 e. The van der Waals surface area contributed by atoms with Crippen LogP contribution in [0.3, 0.4) is 0 Å². The van der Waals surface area contributed by atoms with Crippen LogP contribution in [0.1, 0.15) is 51.4 Å². The fourth-order valence-electron chi connectivity index (χ4n) is 4.41. The van der Waals surface area contributed by atoms with E-state index in [0.29, 0.717) is 19.3 Å². The number of nitrogens with two attached hydrogens (primary N) is 1. The molecule has 178 valence electrons. The summed E-state index contributed by atoms with van der Waals surface area (Å²) < 4.78 is 30.5. The van der Waals surface area contributed by atoms with E-state index in [-0.39, 0.29) is 31.3 Å². The number of sulfonamides is 1. The van der Waals surface area contributed by atoms with Crippen molar-refractivity contribution in [2.24, 2.45) is 11.7 Å². The molecule has 0 aromatic heterocycles. The molecule has 4 unspecified atom stereocenters. The molecule has 1 saturated heterocycles. The SMILES string of the molecule is CS(=O)(=O)NC(=O)C12CCCN1C(=O)C(OC(N)=O)CCCCCC=CC1CC1NC2=O. The predicted molar refractivity (Wildman–Crippen MR) is 113 cm³/mol. The first-order chi connectivity index (χ1) is 15.0. The van der Waals surface area contributed by atoms with Crippen LogP contribution in [0.25, 0.3) is 0 Å². The second-order valence-electron chi connectivity index (χ2n) is 8.63. The van der Waals surface area contributed by atoms with Gasteiger partial charge in [-0.3, -0.25) is 19.1 Å². The van der Waals surface area contributed by atoms with Crippen LogP contribution in [0.4, 0.5) is 4.79 Å². The molecule has 2 fully saturated rings. The van der Waals surface area contributed by atoms with Crippen LogP contribution in [0.2, 0.25) is 0 Å². The second-order valence-corrected chi connectivity index (χ2v) is 10.4. The second kappa shape index (κ2) is 9.47. The Labute approximate surface area is 187 Å². The van der Waals surface area contributed by atoms with Gasteiger partial charge in [0.1, 0.15) is 0 Å². The van der Waals surface area contributed by atoms with Crippen molar-refractivity contribution in [1.29, 1.82) is 0 Å². The summed E-state index contributed by atoms with van der Waals surface area (Å²) in [6.07, 6.45) is 6.71. The first kappa shape index (κ1) is 24.0. The summed E-state index contributed by atoms with van der Waals surface area (Å²) >= 11 is 0. The van der Waals surface area contributed by atoms with E-state index >= 15 is 0 Å². The minimum atomic E-state index is -3.99. The van der Waals surface area contributed by atoms with E-state index < -0.39 is 45.5 Å². The number of carbonyl (C=O) groups excluding carboxylic acids is 4. The van der Waals surface area contributed by atoms with Gasteiger partial charge in [0.25, 0.3) is 17.7 Å². The van der Waals surface area contributed by atoms with Gasteiger partial charge in [-0.05, 0) is 50.9 Å². The van der Waals surface area contributed by atoms with Crippen molar-refractivity contribution in [3.63, 3.8) is 0 Å². The van der Waals surface area contributed by atoms with Gasteiger partial charge in [0.05, 0.1) is 6.26 Å². The molecule has 1 aliphatic carbocycles. The summed E-state index contributed by atoms with van der Waals surface area (Å²) in [6, 6.07) is -0.193. The lowest BCUT2D eigenvalue weighted by molar-refractivity contribution is -0.157. The van der Waals surface area contributed by atoms with Gasteiger partial charge in [-0.15, -0.1) is 0 Å². The lowest BCUT2D eigenvalue weighted by Crippen LogP contribution is -2.67. The molecular formula is C20H30N4O7S. The molecule has 2 aliphatic heterocycles. The van der Waals surface area contributed by atoms with Gasteiger partial charge in [0, 0.05) is 12.6 Å². The Bertz CT molecular complexity index is 919. The number of hydrogen-bond donors (Lipinski definition) is 3. The number of amides is 4. The van der Waals surface area contributed by atoms with Gasteiger partial charge < -0.3 is 20.7 Å². The molecule has 11 nitrogen and oxygen atoms in total. The molecule has 32 heavy (non-hydrogen) atoms. The van der Waals surface area contributed by atoms with E-state index in [1.54, 1.807) is 0 Å². The lowest BCUT2D eigenvalue weighted by Gasteiger charge is -2.37. The third-order valence-electron chi connectivity index (χ3n) is 6.09. The molecular weight excluding hydrogens is 440 g/mol. The molecule has 4 N–H and O–H groups in total. The van der Waals surface area contributed by atoms with Crippen LogP contribution in [-0.2, 0) is 29.1 Å². The maximum atomic E-state index is 13.4. The van der Waals surface area contributed by atoms with Gasteiger partial charge in [-0.1, -0.05) is 18.6 Å². The zero-order chi connectivity index (χ0) is 23.5. The highest BCUT2D eigenvalue weighted by molar-refractivity contribution is 7.89. The number of allylic oxidation sites excluding steroid dienone is 1. The Morgan fingerprint density at radius 3 is 2.69 bits per heavy atom. The highest BCUT2D eigenvalue weighted by Gasteiger charge is 2.58. The maximum absolute atomic E-state index is 13.4. The van der Waals surface area contributed by atoms with Crippen molar-refractivity contribution >= 4 is 33.8 Å². The summed E-state index contributed by atoms with van der Waals surface area (Å²) in [5, 5.41) is 2.81. The van der Waals surface area contributed by atoms with Crippen LogP contribution in [0, 0.1) is 5.92 Å². The smallest absolute Gasteiger partial charge is 0.405 e. The fourth-order valence-corrected chi connectivity index (χ4v) is 4.92. The van der Waals surface area contributed by atoms with E-state index in [1.165, 1.54) is 0 Å². The van der Waals surface area contributed by atoms with E-state index in [9.17, 15) is 27.6 Å². The number of nitrogens with one attached hydrogen (secondary N) is 2. The van der Waals surface area contributed by atoms with Crippen molar-refractivity contribution < 1.29 is 32.3 Å². The van der Waals surface area contributed by atoms with Gasteiger partial charge >= 0.3 is 6.09 Å². The van der Waals surface area contributed by atoms with Crippen LogP contribution in [0.15, 0.2) is 12.2 Å². The summed E-state index contributed by atoms with van der Waals surface area (Å²) in [6.45, 7) is 0.0378. The van der Waals surface area contributed by atoms with Crippen LogP contribution in [-0.4, -0.2) is 67.6 Å². The summed E-state index contributed by atoms with van der Waals surface area (Å²) in [4.78, 5) is 52.4. The molecule has 0 aromatic carbocycles. The van der Waals surface area contributed by atoms with Crippen LogP contribution in [0.5, 0.6) is 0 Å². The van der Waals surface area contributed by atoms with Crippen molar-refractivity contribution in [3.05, 3.63) is 12.2 Å². The Hall–Kier alpha value is -2.63. The standard InChI is InChI=1S/C20H30N4O7S/c1-32(29,30)23-18(27)20-10-7-11-24(20)16(25)15(31-19(21)28)9-6-4-2-3-5-8-13-12-14(13)22-17(20)26/h5,8,13-15H,2-4,6-7,9-12H2,1H3,(H2,21,28)(H,22,26)(H,23,27). The number of fused-ring (bicyclic) bond motifs is 2. The number of carbonyl (C=O) groups is 4. The Balaban J connectivity index is 1.98. The zero-order valence-electron chi connectivity index (χ0n) is 18.0. The first-order valence-electron chi connectivity index (χ1n) is 10.8. The molecule has 3 rings (SSSR count). The minimum Gasteiger partial charge on any atom is -0.436 e. The lowest BCUT2D eigenvalue weighted by atomic mass is 9.92. The molecule has 4 atom stereocenters. The van der Waals surface area contributed by atoms with E-state index in [0.717, 1.165) is 30.4 Å². The Morgan fingerprint density at radius 2 is 2.00 bits per heavy atom. The molecule has 0 bridgehead atoms. The first-order valence-corrected chi connectivity index (χ1v) is 12.7. The summed E-state index contributed by atoms with van der Waals surface area (Å²) in [5.41, 5.74) is 3.09. The normalized spacial score (nSPS) is 31.4. The third kappa shape index (κ3) is 5.40. The average Bonchev–Trinajstić information content (AvgIpc) is 3.24. The van der Waals surface area contributed by atoms with Crippen LogP contribution < -0.4 is 15.8 Å². The highest BCUT2D eigenvalue weighted by atomic mass is 32.2. The minimum absolute atomic E-state index is 0.0378. The third-order valence-corrected chi connectivity index (χ3v) is 6.64. The average molecular weight is 471 g/mol. The molecule has 0 radical (unpaired) electrons. The fraction of sp³-hybridized carbons (Fsp3) is 0.700.